The molecule has 0 spiro atoms. The van der Waals surface area contributed by atoms with Gasteiger partial charge >= 0.3 is 0 Å². The third-order valence-corrected chi connectivity index (χ3v) is 5.73. The second-order valence-electron chi connectivity index (χ2n) is 8.07. The number of benzene rings is 3. The molecule has 32 heavy (non-hydrogen) atoms. The predicted octanol–water partition coefficient (Wildman–Crippen LogP) is 6.37. The van der Waals surface area contributed by atoms with Crippen molar-refractivity contribution in [2.45, 2.75) is 38.7 Å². The number of pyridine rings is 1. The third kappa shape index (κ3) is 4.92. The summed E-state index contributed by atoms with van der Waals surface area (Å²) >= 11 is 0. The van der Waals surface area contributed by atoms with E-state index in [1.807, 2.05) is 73.7 Å². The van der Waals surface area contributed by atoms with E-state index >= 15 is 0 Å². The SMILES string of the molecule is CC[C@@H](O)CCC(=O)Cc1cc2cc(-c3ccccc3)c(-c3ccccc3)nc2cc1F. The number of fused-ring (bicyclic) bond motifs is 1. The number of aliphatic hydroxyl groups is 1. The summed E-state index contributed by atoms with van der Waals surface area (Å²) in [7, 11) is 0. The van der Waals surface area contributed by atoms with Gasteiger partial charge in [0, 0.05) is 35.4 Å². The van der Waals surface area contributed by atoms with E-state index in [2.05, 4.69) is 0 Å². The summed E-state index contributed by atoms with van der Waals surface area (Å²) < 4.78 is 14.9. The fraction of sp³-hybridized carbons (Fsp3) is 0.214. The van der Waals surface area contributed by atoms with Crippen LogP contribution < -0.4 is 0 Å². The minimum Gasteiger partial charge on any atom is -0.393 e. The highest BCUT2D eigenvalue weighted by molar-refractivity contribution is 5.92. The van der Waals surface area contributed by atoms with Crippen molar-refractivity contribution in [3.8, 4) is 22.4 Å². The Morgan fingerprint density at radius 2 is 1.62 bits per heavy atom. The monoisotopic (exact) mass is 427 g/mol. The molecule has 4 rings (SSSR count). The molecule has 162 valence electrons. The Morgan fingerprint density at radius 3 is 2.28 bits per heavy atom. The molecule has 1 aromatic heterocycles. The maximum Gasteiger partial charge on any atom is 0.137 e. The summed E-state index contributed by atoms with van der Waals surface area (Å²) in [6, 6.07) is 25.0. The van der Waals surface area contributed by atoms with Crippen molar-refractivity contribution in [1.29, 1.82) is 0 Å². The van der Waals surface area contributed by atoms with Gasteiger partial charge in [0.2, 0.25) is 0 Å². The fourth-order valence-corrected chi connectivity index (χ4v) is 3.87. The number of nitrogens with zero attached hydrogens (tertiary/aromatic N) is 1. The van der Waals surface area contributed by atoms with Gasteiger partial charge in [0.1, 0.15) is 11.6 Å². The van der Waals surface area contributed by atoms with Gasteiger partial charge in [-0.3, -0.25) is 4.79 Å². The maximum atomic E-state index is 14.9. The summed E-state index contributed by atoms with van der Waals surface area (Å²) in [5.74, 6) is -0.506. The molecular weight excluding hydrogens is 401 g/mol. The maximum absolute atomic E-state index is 14.9. The van der Waals surface area contributed by atoms with E-state index in [-0.39, 0.29) is 18.6 Å². The Morgan fingerprint density at radius 1 is 0.969 bits per heavy atom. The first-order valence-electron chi connectivity index (χ1n) is 11.0. The van der Waals surface area contributed by atoms with Crippen LogP contribution in [0.2, 0.25) is 0 Å². The zero-order chi connectivity index (χ0) is 22.5. The highest BCUT2D eigenvalue weighted by Crippen LogP contribution is 2.34. The van der Waals surface area contributed by atoms with Crippen LogP contribution in [0.4, 0.5) is 4.39 Å². The Kier molecular flexibility index (Phi) is 6.72. The van der Waals surface area contributed by atoms with Gasteiger partial charge in [-0.1, -0.05) is 67.6 Å². The number of Topliss-reactive ketones (excluding diaryl/α,β-unsaturated/α-hetero) is 1. The normalized spacial score (nSPS) is 12.1. The van der Waals surface area contributed by atoms with Crippen LogP contribution in [0, 0.1) is 5.82 Å². The van der Waals surface area contributed by atoms with Crippen molar-refractivity contribution in [2.75, 3.05) is 0 Å². The molecule has 0 aliphatic heterocycles. The molecule has 0 aliphatic carbocycles. The zero-order valence-corrected chi connectivity index (χ0v) is 18.1. The number of ketones is 1. The van der Waals surface area contributed by atoms with Crippen LogP contribution >= 0.6 is 0 Å². The number of hydrogen-bond acceptors (Lipinski definition) is 3. The first-order chi connectivity index (χ1) is 15.5. The largest absolute Gasteiger partial charge is 0.393 e. The number of rotatable bonds is 8. The molecule has 4 aromatic rings. The molecule has 0 fully saturated rings. The van der Waals surface area contributed by atoms with Gasteiger partial charge in [0.25, 0.3) is 0 Å². The summed E-state index contributed by atoms with van der Waals surface area (Å²) in [5, 5.41) is 10.5. The van der Waals surface area contributed by atoms with Crippen molar-refractivity contribution in [3.05, 3.63) is 90.2 Å². The van der Waals surface area contributed by atoms with Crippen molar-refractivity contribution in [2.24, 2.45) is 0 Å². The molecule has 0 aliphatic rings. The zero-order valence-electron chi connectivity index (χ0n) is 18.1. The standard InChI is InChI=1S/C28H26FNO2/c1-2-23(31)13-14-24(32)16-21-15-22-17-25(19-9-5-3-6-10-19)28(20-11-7-4-8-12-20)30-27(22)18-26(21)29/h3-12,15,17-18,23,31H,2,13-14,16H2,1H3/t23-/m1/s1. The highest BCUT2D eigenvalue weighted by Gasteiger charge is 2.15. The minimum absolute atomic E-state index is 0.0132. The van der Waals surface area contributed by atoms with Gasteiger partial charge in [-0.05, 0) is 36.1 Å². The topological polar surface area (TPSA) is 50.2 Å². The first kappa shape index (κ1) is 21.8. The Balaban J connectivity index is 1.75. The van der Waals surface area contributed by atoms with E-state index in [1.165, 1.54) is 6.07 Å². The van der Waals surface area contributed by atoms with Crippen molar-refractivity contribution < 1.29 is 14.3 Å². The Labute approximate surface area is 187 Å². The smallest absolute Gasteiger partial charge is 0.137 e. The molecule has 1 heterocycles. The van der Waals surface area contributed by atoms with E-state index in [1.54, 1.807) is 6.07 Å². The number of carbonyl (C=O) groups excluding carboxylic acids is 1. The molecule has 3 nitrogen and oxygen atoms in total. The van der Waals surface area contributed by atoms with Crippen LogP contribution in [0.15, 0.2) is 78.9 Å². The number of hydrogen-bond donors (Lipinski definition) is 1. The van der Waals surface area contributed by atoms with Crippen molar-refractivity contribution >= 4 is 16.7 Å². The van der Waals surface area contributed by atoms with E-state index < -0.39 is 11.9 Å². The molecule has 0 saturated carbocycles. The van der Waals surface area contributed by atoms with E-state index in [4.69, 9.17) is 4.98 Å². The molecule has 3 aromatic carbocycles. The lowest BCUT2D eigenvalue weighted by atomic mass is 9.96. The van der Waals surface area contributed by atoms with Crippen LogP contribution in [0.3, 0.4) is 0 Å². The predicted molar refractivity (Wildman–Crippen MR) is 127 cm³/mol. The van der Waals surface area contributed by atoms with E-state index in [0.717, 1.165) is 27.8 Å². The molecule has 0 saturated heterocycles. The van der Waals surface area contributed by atoms with Crippen LogP contribution in [0.25, 0.3) is 33.3 Å². The lowest BCUT2D eigenvalue weighted by Gasteiger charge is -2.13. The van der Waals surface area contributed by atoms with Gasteiger partial charge in [-0.15, -0.1) is 0 Å². The van der Waals surface area contributed by atoms with E-state index in [9.17, 15) is 14.3 Å². The minimum atomic E-state index is -0.491. The molecule has 0 amide bonds. The number of aromatic nitrogens is 1. The molecule has 0 bridgehead atoms. The number of carbonyl (C=O) groups is 1. The Hall–Kier alpha value is -3.37. The number of halogens is 1. The summed E-state index contributed by atoms with van der Waals surface area (Å²) in [6.07, 6.45) is 0.779. The Bertz CT molecular complexity index is 1220. The summed E-state index contributed by atoms with van der Waals surface area (Å²) in [6.45, 7) is 1.87. The van der Waals surface area contributed by atoms with Gasteiger partial charge in [0.15, 0.2) is 0 Å². The van der Waals surface area contributed by atoms with E-state index in [0.29, 0.717) is 23.9 Å². The lowest BCUT2D eigenvalue weighted by Crippen LogP contribution is -2.10. The summed E-state index contributed by atoms with van der Waals surface area (Å²) in [4.78, 5) is 17.2. The van der Waals surface area contributed by atoms with Gasteiger partial charge in [-0.2, -0.15) is 0 Å². The molecule has 1 N–H and O–H groups in total. The third-order valence-electron chi connectivity index (χ3n) is 5.73. The highest BCUT2D eigenvalue weighted by atomic mass is 19.1. The molecule has 0 radical (unpaired) electrons. The summed E-state index contributed by atoms with van der Waals surface area (Å²) in [5.41, 5.74) is 4.65. The lowest BCUT2D eigenvalue weighted by molar-refractivity contribution is -0.119. The average molecular weight is 428 g/mol. The molecule has 1 atom stereocenters. The van der Waals surface area contributed by atoms with Crippen molar-refractivity contribution in [1.82, 2.24) is 4.98 Å². The second-order valence-corrected chi connectivity index (χ2v) is 8.07. The average Bonchev–Trinajstić information content (AvgIpc) is 2.83. The van der Waals surface area contributed by atoms with Crippen LogP contribution in [-0.2, 0) is 11.2 Å². The van der Waals surface area contributed by atoms with Gasteiger partial charge < -0.3 is 5.11 Å². The van der Waals surface area contributed by atoms with Crippen LogP contribution in [-0.4, -0.2) is 22.0 Å². The van der Waals surface area contributed by atoms with Crippen LogP contribution in [0.1, 0.15) is 31.7 Å². The number of aliphatic hydroxyl groups excluding tert-OH is 1. The van der Waals surface area contributed by atoms with Crippen molar-refractivity contribution in [3.63, 3.8) is 0 Å². The van der Waals surface area contributed by atoms with Gasteiger partial charge in [0.05, 0.1) is 17.3 Å². The molecule has 0 unspecified atom stereocenters. The van der Waals surface area contributed by atoms with Gasteiger partial charge in [-0.25, -0.2) is 9.37 Å². The second kappa shape index (κ2) is 9.84. The first-order valence-corrected chi connectivity index (χ1v) is 11.0. The van der Waals surface area contributed by atoms with Crippen LogP contribution in [0.5, 0.6) is 0 Å². The molecule has 4 heteroatoms. The fourth-order valence-electron chi connectivity index (χ4n) is 3.87. The quantitative estimate of drug-likeness (QED) is 0.355. The molecular formula is C28H26FNO2.